The number of nitrogens with one attached hydrogen (secondary N) is 1. The monoisotopic (exact) mass is 304 g/mol. The van der Waals surface area contributed by atoms with Gasteiger partial charge in [-0.2, -0.15) is 0 Å². The second kappa shape index (κ2) is 6.13. The van der Waals surface area contributed by atoms with Gasteiger partial charge in [0.05, 0.1) is 0 Å². The van der Waals surface area contributed by atoms with Gasteiger partial charge in [-0.05, 0) is 43.5 Å². The highest BCUT2D eigenvalue weighted by Gasteiger charge is 2.27. The summed E-state index contributed by atoms with van der Waals surface area (Å²) < 4.78 is 12.9. The summed E-state index contributed by atoms with van der Waals surface area (Å²) in [6, 6.07) is 5.92. The van der Waals surface area contributed by atoms with E-state index in [-0.39, 0.29) is 11.9 Å². The number of halogens is 1. The smallest absolute Gasteiger partial charge is 0.407 e. The van der Waals surface area contributed by atoms with Crippen molar-refractivity contribution in [1.82, 2.24) is 20.1 Å². The van der Waals surface area contributed by atoms with E-state index in [4.69, 9.17) is 0 Å². The van der Waals surface area contributed by atoms with Crippen LogP contribution in [0.4, 0.5) is 9.18 Å². The molecule has 0 radical (unpaired) electrons. The largest absolute Gasteiger partial charge is 0.465 e. The zero-order chi connectivity index (χ0) is 15.5. The van der Waals surface area contributed by atoms with Crippen LogP contribution in [0, 0.1) is 5.82 Å². The van der Waals surface area contributed by atoms with Crippen LogP contribution in [0.25, 0.3) is 11.4 Å². The van der Waals surface area contributed by atoms with Gasteiger partial charge < -0.3 is 15.0 Å². The molecular formula is C15H17FN4O2. The molecule has 1 aliphatic rings. The van der Waals surface area contributed by atoms with Crippen molar-refractivity contribution < 1.29 is 14.3 Å². The summed E-state index contributed by atoms with van der Waals surface area (Å²) in [5.41, 5.74) is 0.749. The molecule has 0 aliphatic carbocycles. The number of piperidine rings is 1. The number of amides is 1. The molecule has 1 fully saturated rings. The minimum absolute atomic E-state index is 0.0692. The molecule has 0 spiro atoms. The first kappa shape index (κ1) is 14.5. The third kappa shape index (κ3) is 3.08. The summed E-state index contributed by atoms with van der Waals surface area (Å²) in [5, 5.41) is 17.4. The number of carboxylic acid groups (broad SMARTS) is 1. The number of H-pyrrole nitrogens is 1. The SMILES string of the molecule is O=C(O)N1CCCC[C@H]1Cc1nnc(-c2ccc(F)cc2)[nH]1. The predicted molar refractivity (Wildman–Crippen MR) is 77.9 cm³/mol. The molecule has 1 atom stereocenters. The number of aromatic nitrogens is 3. The second-order valence-electron chi connectivity index (χ2n) is 5.46. The Bertz CT molecular complexity index is 656. The Labute approximate surface area is 127 Å². The Kier molecular flexibility index (Phi) is 4.04. The van der Waals surface area contributed by atoms with E-state index in [0.717, 1.165) is 24.8 Å². The van der Waals surface area contributed by atoms with Gasteiger partial charge in [0, 0.05) is 24.6 Å². The first-order chi connectivity index (χ1) is 10.6. The van der Waals surface area contributed by atoms with Crippen LogP contribution in [-0.2, 0) is 6.42 Å². The molecule has 2 aromatic rings. The average Bonchev–Trinajstić information content (AvgIpc) is 2.97. The lowest BCUT2D eigenvalue weighted by Crippen LogP contribution is -2.44. The quantitative estimate of drug-likeness (QED) is 0.913. The maximum Gasteiger partial charge on any atom is 0.407 e. The van der Waals surface area contributed by atoms with Crippen LogP contribution in [0.15, 0.2) is 24.3 Å². The van der Waals surface area contributed by atoms with Crippen LogP contribution in [0.2, 0.25) is 0 Å². The standard InChI is InChI=1S/C15H17FN4O2/c16-11-6-4-10(5-7-11)14-17-13(18-19-14)9-12-3-1-2-8-20(12)15(21)22/h4-7,12H,1-3,8-9H2,(H,21,22)(H,17,18,19)/t12-/m0/s1. The molecule has 3 rings (SSSR count). The van der Waals surface area contributed by atoms with Crippen molar-refractivity contribution in [3.05, 3.63) is 35.9 Å². The second-order valence-corrected chi connectivity index (χ2v) is 5.46. The first-order valence-corrected chi connectivity index (χ1v) is 7.30. The molecule has 0 bridgehead atoms. The highest BCUT2D eigenvalue weighted by Crippen LogP contribution is 2.21. The van der Waals surface area contributed by atoms with Crippen LogP contribution in [-0.4, -0.2) is 43.9 Å². The molecule has 0 saturated carbocycles. The lowest BCUT2D eigenvalue weighted by atomic mass is 10.00. The van der Waals surface area contributed by atoms with Gasteiger partial charge in [-0.15, -0.1) is 10.2 Å². The number of nitrogens with zero attached hydrogens (tertiary/aromatic N) is 3. The molecule has 116 valence electrons. The van der Waals surface area contributed by atoms with Gasteiger partial charge in [0.15, 0.2) is 5.82 Å². The van der Waals surface area contributed by atoms with E-state index < -0.39 is 6.09 Å². The van der Waals surface area contributed by atoms with Crippen molar-refractivity contribution >= 4 is 6.09 Å². The molecule has 1 amide bonds. The Balaban J connectivity index is 1.73. The van der Waals surface area contributed by atoms with E-state index >= 15 is 0 Å². The highest BCUT2D eigenvalue weighted by molar-refractivity contribution is 5.65. The van der Waals surface area contributed by atoms with Crippen molar-refractivity contribution in [2.45, 2.75) is 31.7 Å². The topological polar surface area (TPSA) is 82.1 Å². The van der Waals surface area contributed by atoms with Gasteiger partial charge in [0.25, 0.3) is 0 Å². The van der Waals surface area contributed by atoms with Crippen LogP contribution >= 0.6 is 0 Å². The van der Waals surface area contributed by atoms with Crippen molar-refractivity contribution in [2.75, 3.05) is 6.54 Å². The summed E-state index contributed by atoms with van der Waals surface area (Å²) in [6.07, 6.45) is 2.38. The molecule has 2 N–H and O–H groups in total. The van der Waals surface area contributed by atoms with Gasteiger partial charge in [0.1, 0.15) is 11.6 Å². The number of likely N-dealkylation sites (tertiary alicyclic amines) is 1. The number of hydrogen-bond acceptors (Lipinski definition) is 3. The molecule has 22 heavy (non-hydrogen) atoms. The Hall–Kier alpha value is -2.44. The molecule has 0 unspecified atom stereocenters. The molecule has 1 aliphatic heterocycles. The maximum atomic E-state index is 12.9. The first-order valence-electron chi connectivity index (χ1n) is 7.30. The number of carbonyl (C=O) groups is 1. The fourth-order valence-corrected chi connectivity index (χ4v) is 2.81. The van der Waals surface area contributed by atoms with Crippen molar-refractivity contribution in [3.8, 4) is 11.4 Å². The lowest BCUT2D eigenvalue weighted by Gasteiger charge is -2.32. The Morgan fingerprint density at radius 3 is 2.82 bits per heavy atom. The van der Waals surface area contributed by atoms with E-state index in [0.29, 0.717) is 24.6 Å². The summed E-state index contributed by atoms with van der Waals surface area (Å²) in [7, 11) is 0. The Morgan fingerprint density at radius 2 is 2.09 bits per heavy atom. The van der Waals surface area contributed by atoms with Crippen LogP contribution in [0.3, 0.4) is 0 Å². The van der Waals surface area contributed by atoms with Crippen molar-refractivity contribution in [1.29, 1.82) is 0 Å². The molecule has 1 aromatic carbocycles. The van der Waals surface area contributed by atoms with E-state index in [1.807, 2.05) is 0 Å². The maximum absolute atomic E-state index is 12.9. The van der Waals surface area contributed by atoms with Gasteiger partial charge in [-0.1, -0.05) is 0 Å². The minimum atomic E-state index is -0.886. The fourth-order valence-electron chi connectivity index (χ4n) is 2.81. The Morgan fingerprint density at radius 1 is 1.32 bits per heavy atom. The third-order valence-corrected chi connectivity index (χ3v) is 3.95. The number of rotatable bonds is 3. The van der Waals surface area contributed by atoms with E-state index in [9.17, 15) is 14.3 Å². The van der Waals surface area contributed by atoms with Crippen LogP contribution < -0.4 is 0 Å². The molecule has 6 nitrogen and oxygen atoms in total. The van der Waals surface area contributed by atoms with Gasteiger partial charge in [-0.25, -0.2) is 9.18 Å². The number of hydrogen-bond donors (Lipinski definition) is 2. The zero-order valence-electron chi connectivity index (χ0n) is 12.0. The van der Waals surface area contributed by atoms with Crippen molar-refractivity contribution in [3.63, 3.8) is 0 Å². The third-order valence-electron chi connectivity index (χ3n) is 3.95. The summed E-state index contributed by atoms with van der Waals surface area (Å²) in [5.74, 6) is 0.910. The normalized spacial score (nSPS) is 18.4. The number of benzene rings is 1. The fraction of sp³-hybridized carbons (Fsp3) is 0.400. The average molecular weight is 304 g/mol. The molecular weight excluding hydrogens is 287 g/mol. The van der Waals surface area contributed by atoms with E-state index in [2.05, 4.69) is 15.2 Å². The molecule has 7 heteroatoms. The summed E-state index contributed by atoms with van der Waals surface area (Å²) in [6.45, 7) is 0.568. The highest BCUT2D eigenvalue weighted by atomic mass is 19.1. The molecule has 2 heterocycles. The summed E-state index contributed by atoms with van der Waals surface area (Å²) in [4.78, 5) is 15.8. The predicted octanol–water partition coefficient (Wildman–Crippen LogP) is 2.69. The van der Waals surface area contributed by atoms with Gasteiger partial charge in [-0.3, -0.25) is 0 Å². The van der Waals surface area contributed by atoms with Crippen LogP contribution in [0.5, 0.6) is 0 Å². The van der Waals surface area contributed by atoms with Crippen molar-refractivity contribution in [2.24, 2.45) is 0 Å². The number of aromatic amines is 1. The van der Waals surface area contributed by atoms with Gasteiger partial charge in [0.2, 0.25) is 0 Å². The summed E-state index contributed by atoms with van der Waals surface area (Å²) >= 11 is 0. The van der Waals surface area contributed by atoms with Gasteiger partial charge >= 0.3 is 6.09 Å². The lowest BCUT2D eigenvalue weighted by molar-refractivity contribution is 0.106. The van der Waals surface area contributed by atoms with E-state index in [1.54, 1.807) is 12.1 Å². The zero-order valence-corrected chi connectivity index (χ0v) is 12.0. The van der Waals surface area contributed by atoms with Crippen LogP contribution in [0.1, 0.15) is 25.1 Å². The molecule has 1 aromatic heterocycles. The minimum Gasteiger partial charge on any atom is -0.465 e. The van der Waals surface area contributed by atoms with E-state index in [1.165, 1.54) is 17.0 Å². The molecule has 1 saturated heterocycles.